The van der Waals surface area contributed by atoms with E-state index in [2.05, 4.69) is 4.98 Å². The number of aliphatic hydroxyl groups is 1. The maximum absolute atomic E-state index is 13.8. The Hall–Kier alpha value is -3.83. The number of carbonyl (C=O) groups is 5. The van der Waals surface area contributed by atoms with Gasteiger partial charge in [-0.3, -0.25) is 28.9 Å². The molecule has 5 rings (SSSR count). The molecule has 0 bridgehead atoms. The van der Waals surface area contributed by atoms with Crippen LogP contribution in [0.15, 0.2) is 30.5 Å². The summed E-state index contributed by atoms with van der Waals surface area (Å²) < 4.78 is 13.4. The van der Waals surface area contributed by atoms with E-state index in [9.17, 15) is 38.6 Å². The molecule has 0 radical (unpaired) electrons. The molecule has 0 aliphatic heterocycles. The Labute approximate surface area is 210 Å². The number of fused-ring (bicyclic) bond motifs is 3. The predicted molar refractivity (Wildman–Crippen MR) is 125 cm³/mol. The molecule has 3 aliphatic carbocycles. The molecule has 37 heavy (non-hydrogen) atoms. The monoisotopic (exact) mass is 509 g/mol. The first-order valence-corrected chi connectivity index (χ1v) is 11.7. The molecular formula is C26H24FN3O7. The Morgan fingerprint density at radius 3 is 2.43 bits per heavy atom. The lowest BCUT2D eigenvalue weighted by Crippen LogP contribution is -2.74. The van der Waals surface area contributed by atoms with E-state index in [1.54, 1.807) is 6.07 Å². The lowest BCUT2D eigenvalue weighted by Gasteiger charge is -2.52. The summed E-state index contributed by atoms with van der Waals surface area (Å²) in [5.41, 5.74) is 3.82. The van der Waals surface area contributed by atoms with Gasteiger partial charge in [0, 0.05) is 17.7 Å². The molecule has 11 heteroatoms. The largest absolute Gasteiger partial charge is 0.507 e. The number of Topliss-reactive ketones (excluding diaryl/α,β-unsaturated/α-hetero) is 4. The van der Waals surface area contributed by atoms with Gasteiger partial charge in [0.1, 0.15) is 5.75 Å². The number of halogens is 1. The molecule has 2 saturated carbocycles. The smallest absolute Gasteiger partial charge is 0.235 e. The van der Waals surface area contributed by atoms with Gasteiger partial charge in [-0.15, -0.1) is 0 Å². The maximum atomic E-state index is 13.8. The summed E-state index contributed by atoms with van der Waals surface area (Å²) in [6.07, 6.45) is 1.33. The minimum atomic E-state index is -2.77. The number of aromatic hydroxyl groups is 1. The lowest BCUT2D eigenvalue weighted by molar-refractivity contribution is -0.181. The van der Waals surface area contributed by atoms with E-state index < -0.39 is 70.3 Å². The molecule has 4 N–H and O–H groups in total. The van der Waals surface area contributed by atoms with Crippen LogP contribution in [0.3, 0.4) is 0 Å². The molecule has 1 amide bonds. The van der Waals surface area contributed by atoms with E-state index in [0.29, 0.717) is 16.7 Å². The van der Waals surface area contributed by atoms with Crippen molar-refractivity contribution in [3.8, 4) is 16.9 Å². The fourth-order valence-corrected chi connectivity index (χ4v) is 6.41. The van der Waals surface area contributed by atoms with Gasteiger partial charge >= 0.3 is 0 Å². The molecule has 2 unspecified atom stereocenters. The second kappa shape index (κ2) is 8.35. The first-order valence-electron chi connectivity index (χ1n) is 11.7. The van der Waals surface area contributed by atoms with Gasteiger partial charge in [0.15, 0.2) is 34.7 Å². The lowest BCUT2D eigenvalue weighted by atomic mass is 9.52. The predicted octanol–water partition coefficient (Wildman–Crippen LogP) is 0.0681. The number of ketones is 4. The highest BCUT2D eigenvalue weighted by Gasteiger charge is 2.69. The summed E-state index contributed by atoms with van der Waals surface area (Å²) >= 11 is 0. The number of hydrogen-bond acceptors (Lipinski definition) is 9. The molecule has 1 heterocycles. The molecule has 2 aromatic rings. The van der Waals surface area contributed by atoms with Crippen molar-refractivity contribution in [1.82, 2.24) is 9.88 Å². The number of phenols is 1. The summed E-state index contributed by atoms with van der Waals surface area (Å²) in [6, 6.07) is 4.29. The van der Waals surface area contributed by atoms with Crippen molar-refractivity contribution in [1.29, 1.82) is 0 Å². The fraction of sp³-hybridized carbons (Fsp3) is 0.385. The standard InChI is InChI=1S/C26H24FN3O7/c1-30(2)20-14-8-11-7-13-12(10-3-6-16(27)29-9-10)4-5-15(31)18(13)21(32)17(11)23(34)26(14,37)24(35)19(22(20)33)25(28)36/h3-6,9,11,14,17,19-20,31,37H,7-8H2,1-2H3,(H2,28,36)/t11-,14-,17?,19?,20-,26-/m1/s1. The van der Waals surface area contributed by atoms with E-state index in [-0.39, 0.29) is 24.2 Å². The van der Waals surface area contributed by atoms with Gasteiger partial charge in [-0.2, -0.15) is 4.39 Å². The number of pyridine rings is 1. The number of nitrogens with zero attached hydrogens (tertiary/aromatic N) is 2. The SMILES string of the molecule is CN(C)[C@H]1C(=O)C(C(N)=O)C(=O)[C@]2(O)C(=O)C3C(=O)c4c(O)ccc(-c5ccc(F)nc5)c4C[C@@H]3C[C@H]12. The number of primary amides is 1. The Bertz CT molecular complexity index is 1390. The van der Waals surface area contributed by atoms with E-state index >= 15 is 0 Å². The van der Waals surface area contributed by atoms with Crippen LogP contribution >= 0.6 is 0 Å². The molecule has 2 fully saturated rings. The van der Waals surface area contributed by atoms with E-state index in [0.717, 1.165) is 6.07 Å². The number of aromatic nitrogens is 1. The van der Waals surface area contributed by atoms with Crippen molar-refractivity contribution in [3.05, 3.63) is 47.5 Å². The molecule has 3 aliphatic rings. The number of nitrogens with two attached hydrogens (primary N) is 1. The zero-order valence-electron chi connectivity index (χ0n) is 20.0. The normalized spacial score (nSPS) is 31.1. The summed E-state index contributed by atoms with van der Waals surface area (Å²) in [4.78, 5) is 71.0. The third-order valence-corrected chi connectivity index (χ3v) is 7.98. The van der Waals surface area contributed by atoms with Gasteiger partial charge in [0.2, 0.25) is 11.9 Å². The van der Waals surface area contributed by atoms with Crippen molar-refractivity contribution in [3.63, 3.8) is 0 Å². The van der Waals surface area contributed by atoms with Crippen LogP contribution in [-0.4, -0.2) is 74.9 Å². The first-order chi connectivity index (χ1) is 17.4. The third kappa shape index (κ3) is 3.37. The zero-order valence-corrected chi connectivity index (χ0v) is 20.0. The van der Waals surface area contributed by atoms with Crippen LogP contribution in [0.5, 0.6) is 5.75 Å². The van der Waals surface area contributed by atoms with Gasteiger partial charge in [-0.05, 0) is 62.2 Å². The highest BCUT2D eigenvalue weighted by Crippen LogP contribution is 2.51. The highest BCUT2D eigenvalue weighted by molar-refractivity contribution is 6.32. The quantitative estimate of drug-likeness (QED) is 0.383. The van der Waals surface area contributed by atoms with Crippen LogP contribution in [0.1, 0.15) is 22.3 Å². The molecule has 1 aromatic carbocycles. The molecule has 0 spiro atoms. The second-order valence-corrected chi connectivity index (χ2v) is 10.1. The molecular weight excluding hydrogens is 485 g/mol. The summed E-state index contributed by atoms with van der Waals surface area (Å²) in [7, 11) is 3.04. The van der Waals surface area contributed by atoms with Crippen molar-refractivity contribution in [2.24, 2.45) is 29.4 Å². The number of amides is 1. The number of hydrogen-bond donors (Lipinski definition) is 3. The highest BCUT2D eigenvalue weighted by atomic mass is 19.1. The Balaban J connectivity index is 1.66. The van der Waals surface area contributed by atoms with Gasteiger partial charge in [0.05, 0.1) is 17.5 Å². The number of carbonyl (C=O) groups excluding carboxylic acids is 5. The van der Waals surface area contributed by atoms with Crippen molar-refractivity contribution in [2.45, 2.75) is 24.5 Å². The van der Waals surface area contributed by atoms with Crippen molar-refractivity contribution in [2.75, 3.05) is 14.1 Å². The Morgan fingerprint density at radius 2 is 1.84 bits per heavy atom. The van der Waals surface area contributed by atoms with Gasteiger partial charge in [0.25, 0.3) is 0 Å². The average molecular weight is 509 g/mol. The minimum absolute atomic E-state index is 0.0549. The first kappa shape index (κ1) is 24.8. The summed E-state index contributed by atoms with van der Waals surface area (Å²) in [6.45, 7) is 0. The Morgan fingerprint density at radius 1 is 1.14 bits per heavy atom. The zero-order chi connectivity index (χ0) is 27.0. The second-order valence-electron chi connectivity index (χ2n) is 10.1. The summed E-state index contributed by atoms with van der Waals surface area (Å²) in [5, 5.41) is 22.2. The van der Waals surface area contributed by atoms with Crippen LogP contribution in [-0.2, 0) is 25.6 Å². The van der Waals surface area contributed by atoms with E-state index in [4.69, 9.17) is 5.73 Å². The number of phenolic OH excluding ortho intramolecular Hbond substituents is 1. The molecule has 192 valence electrons. The van der Waals surface area contributed by atoms with Crippen molar-refractivity contribution >= 4 is 29.0 Å². The average Bonchev–Trinajstić information content (AvgIpc) is 2.82. The molecule has 0 saturated heterocycles. The van der Waals surface area contributed by atoms with E-state index in [1.807, 2.05) is 0 Å². The summed E-state index contributed by atoms with van der Waals surface area (Å²) in [5.74, 6) is -11.8. The van der Waals surface area contributed by atoms with Crippen LogP contribution in [0.4, 0.5) is 4.39 Å². The fourth-order valence-electron chi connectivity index (χ4n) is 6.41. The Kier molecular flexibility index (Phi) is 5.61. The topological polar surface area (TPSA) is 168 Å². The van der Waals surface area contributed by atoms with Gasteiger partial charge in [-0.25, -0.2) is 4.98 Å². The molecule has 1 aromatic heterocycles. The van der Waals surface area contributed by atoms with E-state index in [1.165, 1.54) is 37.3 Å². The molecule has 6 atom stereocenters. The van der Waals surface area contributed by atoms with Gasteiger partial charge < -0.3 is 15.9 Å². The number of likely N-dealkylation sites (N-methyl/N-ethyl adjacent to an activating group) is 1. The van der Waals surface area contributed by atoms with Crippen LogP contribution in [0.25, 0.3) is 11.1 Å². The van der Waals surface area contributed by atoms with Crippen LogP contribution in [0, 0.1) is 29.6 Å². The third-order valence-electron chi connectivity index (χ3n) is 7.98. The van der Waals surface area contributed by atoms with Crippen LogP contribution in [0.2, 0.25) is 0 Å². The molecule has 10 nitrogen and oxygen atoms in total. The number of benzene rings is 1. The number of rotatable bonds is 3. The van der Waals surface area contributed by atoms with Gasteiger partial charge in [-0.1, -0.05) is 6.07 Å². The minimum Gasteiger partial charge on any atom is -0.507 e. The van der Waals surface area contributed by atoms with Crippen LogP contribution < -0.4 is 5.73 Å². The van der Waals surface area contributed by atoms with Crippen molar-refractivity contribution < 1.29 is 38.6 Å². The maximum Gasteiger partial charge on any atom is 0.235 e.